The normalized spacial score (nSPS) is 17.5. The molecule has 5 heteroatoms. The fraction of sp³-hybridized carbons (Fsp3) is 0.294. The molecule has 1 saturated heterocycles. The molecule has 114 valence electrons. The third kappa shape index (κ3) is 3.43. The zero-order valence-corrected chi connectivity index (χ0v) is 12.2. The molecule has 0 unspecified atom stereocenters. The van der Waals surface area contributed by atoms with Crippen LogP contribution in [0, 0.1) is 0 Å². The first-order valence-electron chi connectivity index (χ1n) is 7.32. The Bertz CT molecular complexity index is 628. The number of rotatable bonds is 4. The Kier molecular flexibility index (Phi) is 4.34. The highest BCUT2D eigenvalue weighted by molar-refractivity contribution is 5.94. The summed E-state index contributed by atoms with van der Waals surface area (Å²) >= 11 is 0. The molecule has 2 heterocycles. The monoisotopic (exact) mass is 298 g/mol. The molecule has 0 aliphatic carbocycles. The molecular formula is C17H18N2O3. The predicted octanol–water partition coefficient (Wildman–Crippen LogP) is 1.87. The number of carbonyl (C=O) groups is 1. The van der Waals surface area contributed by atoms with Crippen molar-refractivity contribution in [3.63, 3.8) is 0 Å². The van der Waals surface area contributed by atoms with Crippen molar-refractivity contribution in [2.75, 3.05) is 13.1 Å². The van der Waals surface area contributed by atoms with Crippen LogP contribution in [0.3, 0.4) is 0 Å². The molecule has 0 spiro atoms. The lowest BCUT2D eigenvalue weighted by Crippen LogP contribution is -2.29. The standard InChI is InChI=1S/C17H18N2O3/c20-15-8-9-19(11-15)17(21)14-6-7-16(18-10-14)22-12-13-4-2-1-3-5-13/h1-7,10,15,20H,8-9,11-12H2/t15-/m1/s1. The summed E-state index contributed by atoms with van der Waals surface area (Å²) in [6, 6.07) is 13.2. The molecule has 22 heavy (non-hydrogen) atoms. The van der Waals surface area contributed by atoms with Crippen molar-refractivity contribution in [2.24, 2.45) is 0 Å². The second-order valence-corrected chi connectivity index (χ2v) is 5.35. The van der Waals surface area contributed by atoms with Gasteiger partial charge in [-0.05, 0) is 18.1 Å². The number of hydrogen-bond donors (Lipinski definition) is 1. The number of amides is 1. The molecule has 1 aromatic carbocycles. The molecule has 1 atom stereocenters. The number of ether oxygens (including phenoxy) is 1. The number of hydrogen-bond acceptors (Lipinski definition) is 4. The minimum atomic E-state index is -0.412. The average molecular weight is 298 g/mol. The lowest BCUT2D eigenvalue weighted by molar-refractivity contribution is 0.0764. The number of β-amino-alcohol motifs (C(OH)–C–C–N with tert-alkyl or cyclic N) is 1. The number of aliphatic hydroxyl groups excluding tert-OH is 1. The van der Waals surface area contributed by atoms with Gasteiger partial charge in [0.1, 0.15) is 6.61 Å². The van der Waals surface area contributed by atoms with E-state index in [9.17, 15) is 9.90 Å². The van der Waals surface area contributed by atoms with E-state index < -0.39 is 6.10 Å². The van der Waals surface area contributed by atoms with Crippen molar-refractivity contribution in [1.82, 2.24) is 9.88 Å². The molecule has 1 N–H and O–H groups in total. The number of carbonyl (C=O) groups excluding carboxylic acids is 1. The predicted molar refractivity (Wildman–Crippen MR) is 81.5 cm³/mol. The number of nitrogens with zero attached hydrogens (tertiary/aromatic N) is 2. The third-order valence-corrected chi connectivity index (χ3v) is 3.66. The van der Waals surface area contributed by atoms with Gasteiger partial charge >= 0.3 is 0 Å². The summed E-state index contributed by atoms with van der Waals surface area (Å²) in [5.74, 6) is 0.389. The molecule has 0 saturated carbocycles. The van der Waals surface area contributed by atoms with Crippen molar-refractivity contribution >= 4 is 5.91 Å². The number of likely N-dealkylation sites (tertiary alicyclic amines) is 1. The van der Waals surface area contributed by atoms with Crippen LogP contribution in [0.2, 0.25) is 0 Å². The van der Waals surface area contributed by atoms with Crippen LogP contribution in [0.4, 0.5) is 0 Å². The van der Waals surface area contributed by atoms with Crippen molar-refractivity contribution < 1.29 is 14.6 Å². The Morgan fingerprint density at radius 1 is 1.27 bits per heavy atom. The van der Waals surface area contributed by atoms with Gasteiger partial charge in [0.15, 0.2) is 0 Å². The van der Waals surface area contributed by atoms with E-state index in [-0.39, 0.29) is 5.91 Å². The number of aliphatic hydroxyl groups is 1. The highest BCUT2D eigenvalue weighted by Crippen LogP contribution is 2.15. The maximum Gasteiger partial charge on any atom is 0.255 e. The topological polar surface area (TPSA) is 62.7 Å². The lowest BCUT2D eigenvalue weighted by Gasteiger charge is -2.15. The van der Waals surface area contributed by atoms with Gasteiger partial charge in [-0.2, -0.15) is 0 Å². The fourth-order valence-electron chi connectivity index (χ4n) is 2.43. The van der Waals surface area contributed by atoms with E-state index in [0.29, 0.717) is 37.6 Å². The minimum absolute atomic E-state index is 0.0985. The van der Waals surface area contributed by atoms with Crippen molar-refractivity contribution in [2.45, 2.75) is 19.1 Å². The highest BCUT2D eigenvalue weighted by Gasteiger charge is 2.25. The molecule has 5 nitrogen and oxygen atoms in total. The lowest BCUT2D eigenvalue weighted by atomic mass is 10.2. The molecule has 1 aromatic heterocycles. The van der Waals surface area contributed by atoms with Crippen molar-refractivity contribution in [3.8, 4) is 5.88 Å². The van der Waals surface area contributed by atoms with Crippen LogP contribution in [0.15, 0.2) is 48.7 Å². The summed E-state index contributed by atoms with van der Waals surface area (Å²) in [6.45, 7) is 1.43. The van der Waals surface area contributed by atoms with Crippen LogP contribution in [-0.4, -0.2) is 40.1 Å². The molecule has 1 amide bonds. The van der Waals surface area contributed by atoms with E-state index in [1.54, 1.807) is 17.0 Å². The quantitative estimate of drug-likeness (QED) is 0.936. The molecule has 0 bridgehead atoms. The average Bonchev–Trinajstić information content (AvgIpc) is 3.00. The minimum Gasteiger partial charge on any atom is -0.473 e. The highest BCUT2D eigenvalue weighted by atomic mass is 16.5. The summed E-state index contributed by atoms with van der Waals surface area (Å²) < 4.78 is 5.59. The smallest absolute Gasteiger partial charge is 0.255 e. The van der Waals surface area contributed by atoms with Gasteiger partial charge in [0.05, 0.1) is 11.7 Å². The Balaban J connectivity index is 1.59. The van der Waals surface area contributed by atoms with Crippen molar-refractivity contribution in [1.29, 1.82) is 0 Å². The van der Waals surface area contributed by atoms with Crippen LogP contribution >= 0.6 is 0 Å². The van der Waals surface area contributed by atoms with Crippen LogP contribution in [0.1, 0.15) is 22.3 Å². The molecule has 1 fully saturated rings. The number of pyridine rings is 1. The molecule has 1 aliphatic heterocycles. The summed E-state index contributed by atoms with van der Waals surface area (Å²) in [5, 5.41) is 9.49. The van der Waals surface area contributed by atoms with E-state index >= 15 is 0 Å². The van der Waals surface area contributed by atoms with Gasteiger partial charge in [-0.15, -0.1) is 0 Å². The molecule has 2 aromatic rings. The molecule has 0 radical (unpaired) electrons. The summed E-state index contributed by atoms with van der Waals surface area (Å²) in [5.41, 5.74) is 1.58. The van der Waals surface area contributed by atoms with Crippen LogP contribution in [0.25, 0.3) is 0 Å². The first-order valence-corrected chi connectivity index (χ1v) is 7.32. The summed E-state index contributed by atoms with van der Waals surface area (Å²) in [6.07, 6.45) is 1.75. The zero-order valence-electron chi connectivity index (χ0n) is 12.2. The SMILES string of the molecule is O=C(c1ccc(OCc2ccccc2)nc1)N1CC[C@@H](O)C1. The van der Waals surface area contributed by atoms with E-state index in [2.05, 4.69) is 4.98 Å². The second kappa shape index (κ2) is 6.58. The molecule has 3 rings (SSSR count). The second-order valence-electron chi connectivity index (χ2n) is 5.35. The van der Waals surface area contributed by atoms with Crippen molar-refractivity contribution in [3.05, 3.63) is 59.8 Å². The van der Waals surface area contributed by atoms with E-state index in [4.69, 9.17) is 4.74 Å². The van der Waals surface area contributed by atoms with E-state index in [0.717, 1.165) is 5.56 Å². The Morgan fingerprint density at radius 2 is 2.09 bits per heavy atom. The van der Waals surface area contributed by atoms with Gasteiger partial charge in [0.25, 0.3) is 5.91 Å². The van der Waals surface area contributed by atoms with Gasteiger partial charge in [0.2, 0.25) is 5.88 Å². The van der Waals surface area contributed by atoms with Gasteiger partial charge in [-0.25, -0.2) is 4.98 Å². The Labute approximate surface area is 129 Å². The third-order valence-electron chi connectivity index (χ3n) is 3.66. The largest absolute Gasteiger partial charge is 0.473 e. The van der Waals surface area contributed by atoms with Crippen LogP contribution in [0.5, 0.6) is 5.88 Å². The van der Waals surface area contributed by atoms with Gasteiger partial charge in [-0.3, -0.25) is 4.79 Å². The maximum atomic E-state index is 12.2. The summed E-state index contributed by atoms with van der Waals surface area (Å²) in [4.78, 5) is 18.0. The maximum absolute atomic E-state index is 12.2. The number of benzene rings is 1. The first-order chi connectivity index (χ1) is 10.7. The fourth-order valence-corrected chi connectivity index (χ4v) is 2.43. The summed E-state index contributed by atoms with van der Waals surface area (Å²) in [7, 11) is 0. The van der Waals surface area contributed by atoms with Gasteiger partial charge < -0.3 is 14.7 Å². The number of aromatic nitrogens is 1. The Hall–Kier alpha value is -2.40. The molecule has 1 aliphatic rings. The van der Waals surface area contributed by atoms with Gasteiger partial charge in [-0.1, -0.05) is 30.3 Å². The van der Waals surface area contributed by atoms with Gasteiger partial charge in [0, 0.05) is 25.4 Å². The van der Waals surface area contributed by atoms with Crippen LogP contribution < -0.4 is 4.74 Å². The Morgan fingerprint density at radius 3 is 2.73 bits per heavy atom. The first kappa shape index (κ1) is 14.5. The zero-order chi connectivity index (χ0) is 15.4. The van der Waals surface area contributed by atoms with Crippen LogP contribution in [-0.2, 0) is 6.61 Å². The van der Waals surface area contributed by atoms with E-state index in [1.807, 2.05) is 30.3 Å². The van der Waals surface area contributed by atoms with E-state index in [1.165, 1.54) is 6.20 Å². The molecular weight excluding hydrogens is 280 g/mol.